The molecule has 0 spiro atoms. The predicted molar refractivity (Wildman–Crippen MR) is 155 cm³/mol. The van der Waals surface area contributed by atoms with Crippen LogP contribution in [0.5, 0.6) is 0 Å². The largest absolute Gasteiger partial charge is 0.468 e. The van der Waals surface area contributed by atoms with E-state index in [0.717, 1.165) is 62.8 Å². The molecule has 0 radical (unpaired) electrons. The first kappa shape index (κ1) is 28.2. The van der Waals surface area contributed by atoms with Crippen LogP contribution >= 0.6 is 0 Å². The van der Waals surface area contributed by atoms with Crippen molar-refractivity contribution in [3.63, 3.8) is 0 Å². The van der Waals surface area contributed by atoms with Crippen LogP contribution in [-0.4, -0.2) is 54.7 Å². The van der Waals surface area contributed by atoms with Gasteiger partial charge in [-0.05, 0) is 55.6 Å². The van der Waals surface area contributed by atoms with Gasteiger partial charge in [0.15, 0.2) is 0 Å². The van der Waals surface area contributed by atoms with Crippen molar-refractivity contribution in [3.05, 3.63) is 35.5 Å². The minimum atomic E-state index is -0.689. The minimum absolute atomic E-state index is 0.0697. The van der Waals surface area contributed by atoms with Crippen LogP contribution in [0.1, 0.15) is 102 Å². The van der Waals surface area contributed by atoms with E-state index in [-0.39, 0.29) is 18.0 Å². The second kappa shape index (κ2) is 12.9. The minimum Gasteiger partial charge on any atom is -0.468 e. The molecule has 1 aromatic carbocycles. The van der Waals surface area contributed by atoms with E-state index in [1.165, 1.54) is 63.0 Å². The van der Waals surface area contributed by atoms with Crippen molar-refractivity contribution >= 4 is 22.8 Å². The lowest BCUT2D eigenvalue weighted by Gasteiger charge is -2.57. The van der Waals surface area contributed by atoms with E-state index in [9.17, 15) is 9.59 Å². The number of rotatable bonds is 14. The second-order valence-corrected chi connectivity index (χ2v) is 12.3. The first-order valence-electron chi connectivity index (χ1n) is 15.7. The van der Waals surface area contributed by atoms with Gasteiger partial charge in [-0.1, -0.05) is 76.5 Å². The number of piperidine rings is 2. The fourth-order valence-electron chi connectivity index (χ4n) is 8.13. The molecule has 6 nitrogen and oxygen atoms in total. The van der Waals surface area contributed by atoms with Gasteiger partial charge in [-0.2, -0.15) is 0 Å². The van der Waals surface area contributed by atoms with Crippen molar-refractivity contribution in [2.24, 2.45) is 11.8 Å². The summed E-state index contributed by atoms with van der Waals surface area (Å²) in [5.74, 6) is 0.546. The molecule has 4 bridgehead atoms. The average Bonchev–Trinajstić information content (AvgIpc) is 3.29. The summed E-state index contributed by atoms with van der Waals surface area (Å²) in [7, 11) is 1.53. The molecule has 214 valence electrons. The highest BCUT2D eigenvalue weighted by molar-refractivity contribution is 5.91. The summed E-state index contributed by atoms with van der Waals surface area (Å²) < 4.78 is 11.3. The Morgan fingerprint density at radius 3 is 2.56 bits per heavy atom. The number of methoxy groups -OCH3 is 1. The first-order chi connectivity index (χ1) is 19.1. The highest BCUT2D eigenvalue weighted by Gasteiger charge is 2.62. The Morgan fingerprint density at radius 1 is 1.05 bits per heavy atom. The van der Waals surface area contributed by atoms with Crippen LogP contribution in [-0.2, 0) is 30.9 Å². The van der Waals surface area contributed by atoms with Gasteiger partial charge in [0, 0.05) is 42.1 Å². The van der Waals surface area contributed by atoms with Gasteiger partial charge in [0.1, 0.15) is 5.41 Å². The lowest BCUT2D eigenvalue weighted by atomic mass is 9.56. The summed E-state index contributed by atoms with van der Waals surface area (Å²) in [6.45, 7) is 4.68. The van der Waals surface area contributed by atoms with Crippen LogP contribution in [0.25, 0.3) is 10.9 Å². The lowest BCUT2D eigenvalue weighted by molar-refractivity contribution is -0.163. The van der Waals surface area contributed by atoms with Crippen LogP contribution in [0.15, 0.2) is 24.3 Å². The number of aromatic nitrogens is 1. The van der Waals surface area contributed by atoms with E-state index < -0.39 is 5.41 Å². The number of benzene rings is 1. The third-order valence-corrected chi connectivity index (χ3v) is 9.78. The summed E-state index contributed by atoms with van der Waals surface area (Å²) in [4.78, 5) is 32.4. The van der Waals surface area contributed by atoms with Crippen LogP contribution in [0.4, 0.5) is 0 Å². The van der Waals surface area contributed by atoms with E-state index in [1.807, 2.05) is 6.07 Å². The number of aromatic amines is 1. The molecule has 1 aliphatic carbocycles. The number of nitrogens with zero attached hydrogens (tertiary/aromatic N) is 1. The molecule has 3 fully saturated rings. The third kappa shape index (κ3) is 5.77. The topological polar surface area (TPSA) is 71.6 Å². The lowest BCUT2D eigenvalue weighted by Crippen LogP contribution is -2.67. The molecule has 0 amide bonds. The monoisotopic (exact) mass is 536 g/mol. The van der Waals surface area contributed by atoms with Crippen LogP contribution in [0.2, 0.25) is 0 Å². The molecule has 4 heterocycles. The zero-order chi connectivity index (χ0) is 27.2. The van der Waals surface area contributed by atoms with Gasteiger partial charge in [0.05, 0.1) is 13.7 Å². The Bertz CT molecular complexity index is 1130. The summed E-state index contributed by atoms with van der Waals surface area (Å²) in [6.07, 6.45) is 15.3. The van der Waals surface area contributed by atoms with Crippen LogP contribution < -0.4 is 0 Å². The van der Waals surface area contributed by atoms with Crippen molar-refractivity contribution in [2.75, 3.05) is 26.8 Å². The predicted octanol–water partition coefficient (Wildman–Crippen LogP) is 6.70. The number of esters is 2. The maximum atomic E-state index is 13.7. The highest BCUT2D eigenvalue weighted by Crippen LogP contribution is 2.55. The van der Waals surface area contributed by atoms with Gasteiger partial charge in [-0.25, -0.2) is 0 Å². The number of carbonyl (C=O) groups excluding carboxylic acids is 2. The number of H-pyrrole nitrogens is 1. The maximum absolute atomic E-state index is 13.7. The quantitative estimate of drug-likeness (QED) is 0.215. The van der Waals surface area contributed by atoms with Gasteiger partial charge in [0.25, 0.3) is 0 Å². The first-order valence-corrected chi connectivity index (χ1v) is 15.7. The number of fused-ring (bicyclic) bond motifs is 4. The van der Waals surface area contributed by atoms with E-state index in [2.05, 4.69) is 35.0 Å². The van der Waals surface area contributed by atoms with E-state index in [4.69, 9.17) is 9.47 Å². The van der Waals surface area contributed by atoms with Gasteiger partial charge in [-0.3, -0.25) is 14.5 Å². The second-order valence-electron chi connectivity index (χ2n) is 12.3. The number of ether oxygens (including phenoxy) is 2. The Labute approximate surface area is 234 Å². The molecule has 5 atom stereocenters. The van der Waals surface area contributed by atoms with E-state index in [1.54, 1.807) is 0 Å². The van der Waals surface area contributed by atoms with Crippen molar-refractivity contribution in [1.29, 1.82) is 0 Å². The summed E-state index contributed by atoms with van der Waals surface area (Å²) in [5.41, 5.74) is 2.76. The van der Waals surface area contributed by atoms with Gasteiger partial charge >= 0.3 is 11.9 Å². The molecular weight excluding hydrogens is 488 g/mol. The number of hydrogen-bond donors (Lipinski definition) is 1. The number of nitrogens with one attached hydrogen (secondary N) is 1. The molecule has 1 N–H and O–H groups in total. The van der Waals surface area contributed by atoms with Crippen LogP contribution in [0.3, 0.4) is 0 Å². The zero-order valence-electron chi connectivity index (χ0n) is 24.1. The van der Waals surface area contributed by atoms with Crippen molar-refractivity contribution in [1.82, 2.24) is 9.88 Å². The smallest absolute Gasteiger partial charge is 0.319 e. The number of hydrogen-bond acceptors (Lipinski definition) is 5. The molecule has 2 saturated heterocycles. The summed E-state index contributed by atoms with van der Waals surface area (Å²) in [5, 5.41) is 1.22. The number of unbranched alkanes of at least 4 members (excludes halogenated alkanes) is 8. The Kier molecular flexibility index (Phi) is 9.32. The maximum Gasteiger partial charge on any atom is 0.319 e. The molecule has 1 aromatic heterocycles. The van der Waals surface area contributed by atoms with Gasteiger partial charge < -0.3 is 14.5 Å². The molecule has 3 aliphatic heterocycles. The summed E-state index contributed by atoms with van der Waals surface area (Å²) in [6, 6.07) is 8.48. The van der Waals surface area contributed by atoms with Crippen LogP contribution in [0, 0.1) is 11.8 Å². The number of carbonyl (C=O) groups is 2. The average molecular weight is 537 g/mol. The fraction of sp³-hybridized carbons (Fsp3) is 0.697. The molecule has 6 heteroatoms. The highest BCUT2D eigenvalue weighted by atomic mass is 16.5. The third-order valence-electron chi connectivity index (χ3n) is 9.78. The Morgan fingerprint density at radius 2 is 1.79 bits per heavy atom. The van der Waals surface area contributed by atoms with E-state index in [0.29, 0.717) is 24.9 Å². The zero-order valence-corrected chi connectivity index (χ0v) is 24.1. The standard InChI is InChI=1S/C33H48N2O4/c1-3-4-5-6-7-8-9-10-11-16-29(36)39-20-18-25-21-24-22-33(32(37)38-2)30-27(17-19-35(23-24)31(25)33)26-14-12-13-15-28(26)34-30/h12-15,24-25,31,34H,3-11,16-23H2,1-2H3. The normalized spacial score (nSPS) is 27.2. The van der Waals surface area contributed by atoms with Crippen molar-refractivity contribution in [2.45, 2.75) is 108 Å². The molecule has 39 heavy (non-hydrogen) atoms. The molecule has 2 aromatic rings. The van der Waals surface area contributed by atoms with Gasteiger partial charge in [-0.15, -0.1) is 0 Å². The van der Waals surface area contributed by atoms with Gasteiger partial charge in [0.2, 0.25) is 0 Å². The van der Waals surface area contributed by atoms with E-state index >= 15 is 0 Å². The molecular formula is C33H48N2O4. The Balaban J connectivity index is 1.19. The Hall–Kier alpha value is -2.34. The molecule has 1 saturated carbocycles. The van der Waals surface area contributed by atoms with Crippen molar-refractivity contribution in [3.8, 4) is 0 Å². The molecule has 4 aliphatic rings. The number of para-hydroxylation sites is 1. The van der Waals surface area contributed by atoms with Crippen molar-refractivity contribution < 1.29 is 19.1 Å². The molecule has 6 rings (SSSR count). The fourth-order valence-corrected chi connectivity index (χ4v) is 8.13. The SMILES string of the molecule is CCCCCCCCCCCC(=O)OCCC1CC2CN3CCc4c([nH]c5ccccc45)C(C(=O)OC)(C2)C13. The molecule has 5 unspecified atom stereocenters. The summed E-state index contributed by atoms with van der Waals surface area (Å²) >= 11 is 0.